The largest absolute Gasteiger partial charge is 1.00 e. The second kappa shape index (κ2) is 30.6. The zero-order valence-electron chi connectivity index (χ0n) is 20.5. The van der Waals surface area contributed by atoms with Crippen LogP contribution in [0, 0.1) is 5.82 Å². The predicted molar refractivity (Wildman–Crippen MR) is 130 cm³/mol. The van der Waals surface area contributed by atoms with Crippen LogP contribution in [0.5, 0.6) is 5.75 Å². The molecule has 0 amide bonds. The summed E-state index contributed by atoms with van der Waals surface area (Å²) in [6, 6.07) is 3.77. The van der Waals surface area contributed by atoms with Gasteiger partial charge in [0.15, 0.2) is 12.4 Å². The van der Waals surface area contributed by atoms with Crippen molar-refractivity contribution >= 4 is 58.4 Å². The molecule has 0 spiro atoms. The van der Waals surface area contributed by atoms with E-state index in [1.807, 2.05) is 43.4 Å². The Labute approximate surface area is 284 Å². The van der Waals surface area contributed by atoms with Crippen molar-refractivity contribution in [3.8, 4) is 5.75 Å². The molecule has 1 rings (SSSR count). The maximum atomic E-state index is 13.1. The summed E-state index contributed by atoms with van der Waals surface area (Å²) in [6.07, 6.45) is 4.13. The van der Waals surface area contributed by atoms with Gasteiger partial charge in [0.2, 0.25) is 6.79 Å². The minimum absolute atomic E-state index is 0. The van der Waals surface area contributed by atoms with Crippen molar-refractivity contribution in [1.29, 1.82) is 0 Å². The van der Waals surface area contributed by atoms with E-state index in [-0.39, 0.29) is 117 Å². The average Bonchev–Trinajstić information content (AvgIpc) is 2.76. The van der Waals surface area contributed by atoms with E-state index in [1.54, 1.807) is 0 Å². The monoisotopic (exact) mass is 770 g/mol. The van der Waals surface area contributed by atoms with Crippen LogP contribution in [0.3, 0.4) is 0 Å². The quantitative estimate of drug-likeness (QED) is 0.0538. The number of hydrogen-bond donors (Lipinski definition) is 0. The van der Waals surface area contributed by atoms with Crippen LogP contribution in [-0.4, -0.2) is 41.7 Å². The van der Waals surface area contributed by atoms with Gasteiger partial charge in [0.1, 0.15) is 16.2 Å². The van der Waals surface area contributed by atoms with Crippen molar-refractivity contribution < 1.29 is 118 Å². The van der Waals surface area contributed by atoms with Crippen molar-refractivity contribution in [3.63, 3.8) is 0 Å². The fraction of sp³-hybridized carbons (Fsp3) is 0.545. The van der Waals surface area contributed by atoms with E-state index in [0.717, 1.165) is 18.9 Å². The molecule has 0 radical (unpaired) electrons. The van der Waals surface area contributed by atoms with Gasteiger partial charge in [0, 0.05) is 25.3 Å². The number of rotatable bonds is 12. The summed E-state index contributed by atoms with van der Waals surface area (Å²) in [4.78, 5) is 42.1. The third-order valence-electron chi connectivity index (χ3n) is 3.34. The number of carbonyl (C=O) groups is 4. The van der Waals surface area contributed by atoms with E-state index in [4.69, 9.17) is 21.1 Å². The first kappa shape index (κ1) is 42.5. The van der Waals surface area contributed by atoms with Gasteiger partial charge >= 0.3 is 69.3 Å². The summed E-state index contributed by atoms with van der Waals surface area (Å²) < 4.78 is 32.4. The molecule has 0 heterocycles. The van der Waals surface area contributed by atoms with Gasteiger partial charge in [0.05, 0.1) is 5.56 Å². The Morgan fingerprint density at radius 3 is 1.83 bits per heavy atom. The Hall–Kier alpha value is 0.416. The molecule has 0 unspecified atom stereocenters. The van der Waals surface area contributed by atoms with Crippen LogP contribution in [0.1, 0.15) is 69.7 Å². The number of aldehydes is 1. The normalized spacial score (nSPS) is 8.74. The first-order chi connectivity index (χ1) is 15.8. The molecular weight excluding hydrogens is 740 g/mol. The van der Waals surface area contributed by atoms with Crippen molar-refractivity contribution in [2.24, 2.45) is 0 Å². The summed E-state index contributed by atoms with van der Waals surface area (Å²) in [7, 11) is 0. The van der Waals surface area contributed by atoms with Crippen molar-refractivity contribution in [1.82, 2.24) is 0 Å². The molecule has 1 aromatic rings. The zero-order valence-corrected chi connectivity index (χ0v) is 28.6. The first-order valence-corrected chi connectivity index (χ1v) is 12.3. The molecule has 0 aliphatic carbocycles. The molecule has 196 valence electrons. The number of ether oxygens (including phenoxy) is 4. The smallest absolute Gasteiger partial charge is 1.00 e. The fourth-order valence-corrected chi connectivity index (χ4v) is 2.28. The number of alkyl halides is 2. The Morgan fingerprint density at radius 2 is 1.43 bits per heavy atom. The summed E-state index contributed by atoms with van der Waals surface area (Å²) in [5.41, 5.74) is -0.0414. The molecule has 0 N–H and O–H groups in total. The number of halogens is 4. The van der Waals surface area contributed by atoms with E-state index in [0.29, 0.717) is 36.6 Å². The van der Waals surface area contributed by atoms with Crippen LogP contribution >= 0.6 is 34.2 Å². The third kappa shape index (κ3) is 27.3. The molecule has 0 saturated carbocycles. The first-order valence-electron chi connectivity index (χ1n) is 10.3. The Morgan fingerprint density at radius 1 is 0.943 bits per heavy atom. The second-order valence-electron chi connectivity index (χ2n) is 6.08. The van der Waals surface area contributed by atoms with Crippen molar-refractivity contribution in [3.05, 3.63) is 29.6 Å². The molecule has 1 aromatic carbocycles. The molecule has 0 aromatic heterocycles. The molecule has 0 fully saturated rings. The summed E-state index contributed by atoms with van der Waals surface area (Å²) in [6.45, 7) is 5.46. The van der Waals surface area contributed by atoms with Gasteiger partial charge < -0.3 is 42.9 Å². The molecule has 13 heteroatoms. The van der Waals surface area contributed by atoms with E-state index in [1.165, 1.54) is 12.1 Å². The van der Waals surface area contributed by atoms with Crippen LogP contribution < -0.4 is 80.1 Å². The van der Waals surface area contributed by atoms with E-state index < -0.39 is 5.82 Å². The standard InChI is InChI=1S/C12H13FO4.C5H9ClO2.C5H9IO2.HI.K/c1-2-3-12(15)17-8-16-10-5-4-9(7-14)11(13)6-10;2*1-2-3-5(7)8-4-6;;/h4-7H,2-3,8H2,1H3;2*2-4H2,1H3;1H;/q;;;;+1/p-1. The number of esters is 3. The van der Waals surface area contributed by atoms with Gasteiger partial charge in [-0.15, -0.1) is 0 Å². The predicted octanol–water partition coefficient (Wildman–Crippen LogP) is -0.426. The van der Waals surface area contributed by atoms with E-state index in [2.05, 4.69) is 9.47 Å². The molecule has 0 aliphatic rings. The average molecular weight is 771 g/mol. The van der Waals surface area contributed by atoms with Gasteiger partial charge in [-0.1, -0.05) is 32.4 Å². The minimum atomic E-state index is -0.669. The maximum Gasteiger partial charge on any atom is 1.00 e. The second-order valence-corrected chi connectivity index (χ2v) is 6.92. The van der Waals surface area contributed by atoms with Crippen LogP contribution in [-0.2, 0) is 28.6 Å². The Kier molecular flexibility index (Phi) is 37.2. The van der Waals surface area contributed by atoms with Gasteiger partial charge in [-0.2, -0.15) is 0 Å². The summed E-state index contributed by atoms with van der Waals surface area (Å²) >= 11 is 7.09. The van der Waals surface area contributed by atoms with Crippen LogP contribution in [0.4, 0.5) is 4.39 Å². The van der Waals surface area contributed by atoms with Gasteiger partial charge in [-0.05, 0) is 54.0 Å². The Balaban J connectivity index is -0.000000227. The molecule has 0 aliphatic heterocycles. The van der Waals surface area contributed by atoms with Crippen molar-refractivity contribution in [2.45, 2.75) is 59.3 Å². The zero-order chi connectivity index (χ0) is 25.5. The van der Waals surface area contributed by atoms with Gasteiger partial charge in [-0.25, -0.2) is 4.39 Å². The van der Waals surface area contributed by atoms with Gasteiger partial charge in [-0.3, -0.25) is 19.2 Å². The van der Waals surface area contributed by atoms with Gasteiger partial charge in [0.25, 0.3) is 0 Å². The summed E-state index contributed by atoms with van der Waals surface area (Å²) in [5.74, 6) is -1.14. The topological polar surface area (TPSA) is 105 Å². The molecule has 0 saturated heterocycles. The van der Waals surface area contributed by atoms with Crippen LogP contribution in [0.25, 0.3) is 0 Å². The maximum absolute atomic E-state index is 13.1. The molecule has 8 nitrogen and oxygen atoms in total. The van der Waals surface area contributed by atoms with E-state index in [9.17, 15) is 23.6 Å². The SMILES string of the molecule is CCCC(=O)OCCl.CCCC(=O)OCI.CCCC(=O)OCOc1ccc(C=O)c(F)c1.[I-].[K+]. The number of hydrogen-bond acceptors (Lipinski definition) is 8. The molecule has 0 atom stereocenters. The minimum Gasteiger partial charge on any atom is -1.00 e. The van der Waals surface area contributed by atoms with Crippen LogP contribution in [0.2, 0.25) is 0 Å². The number of carbonyl (C=O) groups excluding carboxylic acids is 4. The Bertz CT molecular complexity index is 678. The van der Waals surface area contributed by atoms with Crippen LogP contribution in [0.15, 0.2) is 18.2 Å². The number of benzene rings is 1. The summed E-state index contributed by atoms with van der Waals surface area (Å²) in [5, 5.41) is 0. The van der Waals surface area contributed by atoms with Crippen molar-refractivity contribution in [2.75, 3.05) is 17.5 Å². The molecular formula is C22H31ClFI2KO8. The molecule has 0 bridgehead atoms. The fourth-order valence-electron chi connectivity index (χ4n) is 1.81. The molecule has 35 heavy (non-hydrogen) atoms. The third-order valence-corrected chi connectivity index (χ3v) is 3.76. The van der Waals surface area contributed by atoms with E-state index >= 15 is 0 Å².